The lowest BCUT2D eigenvalue weighted by molar-refractivity contribution is -0.0885. The van der Waals surface area contributed by atoms with Crippen molar-refractivity contribution in [3.8, 4) is 0 Å². The van der Waals surface area contributed by atoms with Gasteiger partial charge in [-0.25, -0.2) is 0 Å². The van der Waals surface area contributed by atoms with Gasteiger partial charge in [-0.2, -0.15) is 0 Å². The number of rotatable bonds is 5. The van der Waals surface area contributed by atoms with E-state index in [9.17, 15) is 0 Å². The van der Waals surface area contributed by atoms with Crippen LogP contribution < -0.4 is 10.4 Å². The van der Waals surface area contributed by atoms with Crippen LogP contribution in [-0.4, -0.2) is 39.3 Å². The maximum absolute atomic E-state index is 7.22. The van der Waals surface area contributed by atoms with Crippen LogP contribution in [0.4, 0.5) is 0 Å². The molecule has 30 heavy (non-hydrogen) atoms. The van der Waals surface area contributed by atoms with Gasteiger partial charge in [0, 0.05) is 19.1 Å². The van der Waals surface area contributed by atoms with Crippen LogP contribution in [0.2, 0.25) is 5.04 Å². The van der Waals surface area contributed by atoms with Crippen LogP contribution in [0.15, 0.2) is 60.7 Å². The van der Waals surface area contributed by atoms with Crippen molar-refractivity contribution < 1.29 is 13.9 Å². The predicted molar refractivity (Wildman–Crippen MR) is 123 cm³/mol. The fraction of sp³-hybridized carbons (Fsp3) is 0.538. The van der Waals surface area contributed by atoms with E-state index in [4.69, 9.17) is 13.9 Å². The highest BCUT2D eigenvalue weighted by atomic mass is 28.4. The van der Waals surface area contributed by atoms with Crippen molar-refractivity contribution in [1.29, 1.82) is 0 Å². The van der Waals surface area contributed by atoms with Crippen molar-refractivity contribution in [2.24, 2.45) is 5.92 Å². The van der Waals surface area contributed by atoms with Gasteiger partial charge < -0.3 is 13.9 Å². The lowest BCUT2D eigenvalue weighted by Gasteiger charge is -2.45. The van der Waals surface area contributed by atoms with E-state index in [0.717, 1.165) is 38.9 Å². The second kappa shape index (κ2) is 7.59. The highest BCUT2D eigenvalue weighted by molar-refractivity contribution is 6.99. The summed E-state index contributed by atoms with van der Waals surface area (Å²) in [4.78, 5) is 0. The minimum absolute atomic E-state index is 0.00400. The first-order valence-electron chi connectivity index (χ1n) is 11.5. The van der Waals surface area contributed by atoms with Crippen molar-refractivity contribution >= 4 is 18.7 Å². The van der Waals surface area contributed by atoms with Gasteiger partial charge in [0.15, 0.2) is 0 Å². The summed E-state index contributed by atoms with van der Waals surface area (Å²) in [5, 5.41) is 2.70. The molecular formula is C26H34O3Si. The van der Waals surface area contributed by atoms with Crippen LogP contribution in [-0.2, 0) is 13.9 Å². The number of benzene rings is 2. The lowest BCUT2D eigenvalue weighted by atomic mass is 9.75. The monoisotopic (exact) mass is 422 g/mol. The molecule has 3 aliphatic rings. The predicted octanol–water partition coefficient (Wildman–Crippen LogP) is 4.29. The molecule has 4 heteroatoms. The van der Waals surface area contributed by atoms with Crippen LogP contribution in [0, 0.1) is 5.92 Å². The third-order valence-corrected chi connectivity index (χ3v) is 12.5. The molecule has 0 amide bonds. The Hall–Kier alpha value is -1.46. The number of hydrogen-bond donors (Lipinski definition) is 0. The van der Waals surface area contributed by atoms with Crippen LogP contribution in [0.5, 0.6) is 0 Å². The van der Waals surface area contributed by atoms with E-state index in [2.05, 4.69) is 81.4 Å². The molecule has 5 rings (SSSR count). The Kier molecular flexibility index (Phi) is 5.17. The van der Waals surface area contributed by atoms with Gasteiger partial charge in [0.2, 0.25) is 0 Å². The minimum atomic E-state index is -2.50. The third kappa shape index (κ3) is 3.20. The summed E-state index contributed by atoms with van der Waals surface area (Å²) in [7, 11) is -2.50. The first-order valence-corrected chi connectivity index (χ1v) is 13.4. The highest BCUT2D eigenvalue weighted by Gasteiger charge is 2.66. The maximum atomic E-state index is 7.22. The number of epoxide rings is 1. The van der Waals surface area contributed by atoms with E-state index >= 15 is 0 Å². The topological polar surface area (TPSA) is 31.0 Å². The Morgan fingerprint density at radius 2 is 1.60 bits per heavy atom. The quantitative estimate of drug-likeness (QED) is 0.532. The Morgan fingerprint density at radius 3 is 2.20 bits per heavy atom. The fourth-order valence-corrected chi connectivity index (χ4v) is 10.7. The normalized spacial score (nSPS) is 31.0. The van der Waals surface area contributed by atoms with E-state index < -0.39 is 8.32 Å². The first kappa shape index (κ1) is 20.4. The first-order chi connectivity index (χ1) is 14.5. The Morgan fingerprint density at radius 1 is 0.967 bits per heavy atom. The summed E-state index contributed by atoms with van der Waals surface area (Å²) in [5.74, 6) is 0.408. The summed E-state index contributed by atoms with van der Waals surface area (Å²) in [6.07, 6.45) is 5.17. The molecule has 2 aromatic carbocycles. The SMILES string of the molecule is CC(C)(C)[Si](OC[C@@H]1CC[C@H]2O[C@]23CCCO[C@H]13)(c1ccccc1)c1ccccc1. The molecule has 2 saturated heterocycles. The van der Waals surface area contributed by atoms with E-state index in [0.29, 0.717) is 12.0 Å². The van der Waals surface area contributed by atoms with Gasteiger partial charge >= 0.3 is 0 Å². The smallest absolute Gasteiger partial charge is 0.261 e. The summed E-state index contributed by atoms with van der Waals surface area (Å²) >= 11 is 0. The summed E-state index contributed by atoms with van der Waals surface area (Å²) in [6, 6.07) is 21.9. The molecule has 3 nitrogen and oxygen atoms in total. The van der Waals surface area contributed by atoms with Gasteiger partial charge in [-0.3, -0.25) is 0 Å². The molecule has 2 heterocycles. The van der Waals surface area contributed by atoms with Gasteiger partial charge in [0.25, 0.3) is 8.32 Å². The summed E-state index contributed by atoms with van der Waals surface area (Å²) in [6.45, 7) is 8.64. The molecule has 160 valence electrons. The van der Waals surface area contributed by atoms with Gasteiger partial charge in [0.05, 0.1) is 12.2 Å². The van der Waals surface area contributed by atoms with Crippen LogP contribution in [0.1, 0.15) is 46.5 Å². The summed E-state index contributed by atoms with van der Waals surface area (Å²) in [5.41, 5.74) is -0.00400. The standard InChI is InChI=1S/C26H34O3Si/c1-25(2,3)30(21-11-6-4-7-12-21,22-13-8-5-9-14-22)28-19-20-15-16-23-26(29-23)17-10-18-27-24(20)26/h4-9,11-14,20,23-24H,10,15-19H2,1-3H3/t20-,23+,24+,26+/m0/s1. The van der Waals surface area contributed by atoms with Crippen LogP contribution in [0.3, 0.4) is 0 Å². The molecule has 2 aromatic rings. The second-order valence-corrected chi connectivity index (χ2v) is 14.6. The Bertz CT molecular complexity index is 823. The molecule has 0 aromatic heterocycles. The van der Waals surface area contributed by atoms with Crippen LogP contribution in [0.25, 0.3) is 0 Å². The molecular weight excluding hydrogens is 388 g/mol. The molecule has 0 unspecified atom stereocenters. The molecule has 2 aliphatic heterocycles. The van der Waals surface area contributed by atoms with Crippen molar-refractivity contribution in [3.05, 3.63) is 60.7 Å². The third-order valence-electron chi connectivity index (χ3n) is 7.50. The van der Waals surface area contributed by atoms with Crippen molar-refractivity contribution in [3.63, 3.8) is 0 Å². The molecule has 1 saturated carbocycles. The average molecular weight is 423 g/mol. The zero-order valence-corrected chi connectivity index (χ0v) is 19.5. The maximum Gasteiger partial charge on any atom is 0.261 e. The molecule has 1 spiro atoms. The molecule has 3 fully saturated rings. The minimum Gasteiger partial charge on any atom is -0.407 e. The molecule has 0 N–H and O–H groups in total. The molecule has 0 bridgehead atoms. The zero-order chi connectivity index (χ0) is 20.8. The molecule has 4 atom stereocenters. The van der Waals surface area contributed by atoms with Gasteiger partial charge in [-0.15, -0.1) is 0 Å². The van der Waals surface area contributed by atoms with Crippen molar-refractivity contribution in [2.45, 2.75) is 69.3 Å². The Labute approximate surface area is 181 Å². The van der Waals surface area contributed by atoms with E-state index in [1.54, 1.807) is 0 Å². The van der Waals surface area contributed by atoms with Gasteiger partial charge in [-0.05, 0) is 41.1 Å². The van der Waals surface area contributed by atoms with Gasteiger partial charge in [-0.1, -0.05) is 81.4 Å². The van der Waals surface area contributed by atoms with Crippen molar-refractivity contribution in [1.82, 2.24) is 0 Å². The van der Waals surface area contributed by atoms with E-state index in [1.807, 2.05) is 0 Å². The fourth-order valence-electron chi connectivity index (χ4n) is 6.06. The molecule has 1 aliphatic carbocycles. The Balaban J connectivity index is 1.50. The average Bonchev–Trinajstić information content (AvgIpc) is 3.47. The van der Waals surface area contributed by atoms with Crippen LogP contribution >= 0.6 is 0 Å². The van der Waals surface area contributed by atoms with Crippen molar-refractivity contribution in [2.75, 3.05) is 13.2 Å². The molecule has 0 radical (unpaired) electrons. The lowest BCUT2D eigenvalue weighted by Crippen LogP contribution is -2.67. The highest BCUT2D eigenvalue weighted by Crippen LogP contribution is 2.55. The van der Waals surface area contributed by atoms with Gasteiger partial charge in [0.1, 0.15) is 5.60 Å². The second-order valence-electron chi connectivity index (χ2n) is 10.3. The number of ether oxygens (including phenoxy) is 2. The van der Waals surface area contributed by atoms with E-state index in [-0.39, 0.29) is 16.7 Å². The zero-order valence-electron chi connectivity index (χ0n) is 18.5. The largest absolute Gasteiger partial charge is 0.407 e. The van der Waals surface area contributed by atoms with E-state index in [1.165, 1.54) is 10.4 Å². The summed E-state index contributed by atoms with van der Waals surface area (Å²) < 4.78 is 19.7. The number of hydrogen-bond acceptors (Lipinski definition) is 3.